The number of oxime groups is 1. The molecule has 1 aliphatic heterocycles. The number of benzene rings is 2. The zero-order chi connectivity index (χ0) is 18.9. The number of nitrogens with one attached hydrogen (secondary N) is 1. The highest BCUT2D eigenvalue weighted by atomic mass is 35.5. The molecule has 1 aliphatic rings. The van der Waals surface area contributed by atoms with Gasteiger partial charge < -0.3 is 0 Å². The SMILES string of the molecule is C[C@H]1C/C(=N/OC(=O)Nc2ccc(Cl)cc2)c2cc(Cl)ccc2S1(=O)=O. The Morgan fingerprint density at radius 1 is 1.15 bits per heavy atom. The highest BCUT2D eigenvalue weighted by Crippen LogP contribution is 2.32. The molecule has 0 saturated heterocycles. The van der Waals surface area contributed by atoms with E-state index in [4.69, 9.17) is 28.0 Å². The fraction of sp³-hybridized carbons (Fsp3) is 0.176. The predicted octanol–water partition coefficient (Wildman–Crippen LogP) is 4.51. The van der Waals surface area contributed by atoms with Gasteiger partial charge in [-0.2, -0.15) is 0 Å². The number of sulfone groups is 1. The first kappa shape index (κ1) is 18.7. The van der Waals surface area contributed by atoms with E-state index in [1.807, 2.05) is 0 Å². The number of rotatable bonds is 2. The molecule has 0 bridgehead atoms. The highest BCUT2D eigenvalue weighted by Gasteiger charge is 2.34. The molecule has 1 N–H and O–H groups in total. The molecule has 1 atom stereocenters. The summed E-state index contributed by atoms with van der Waals surface area (Å²) >= 11 is 11.8. The molecule has 0 radical (unpaired) electrons. The third-order valence-corrected chi connectivity index (χ3v) is 6.58. The third-order valence-electron chi connectivity index (χ3n) is 3.90. The van der Waals surface area contributed by atoms with E-state index in [9.17, 15) is 13.2 Å². The van der Waals surface area contributed by atoms with Crippen LogP contribution in [0, 0.1) is 0 Å². The van der Waals surface area contributed by atoms with Crippen LogP contribution in [0.1, 0.15) is 18.9 Å². The van der Waals surface area contributed by atoms with Gasteiger partial charge in [-0.05, 0) is 49.4 Å². The smallest absolute Gasteiger partial charge is 0.297 e. The highest BCUT2D eigenvalue weighted by molar-refractivity contribution is 7.92. The number of carbonyl (C=O) groups excluding carboxylic acids is 1. The summed E-state index contributed by atoms with van der Waals surface area (Å²) in [5, 5.41) is 6.57. The zero-order valence-corrected chi connectivity index (χ0v) is 15.9. The van der Waals surface area contributed by atoms with Crippen LogP contribution in [-0.4, -0.2) is 25.5 Å². The minimum atomic E-state index is -3.47. The summed E-state index contributed by atoms with van der Waals surface area (Å²) in [4.78, 5) is 16.9. The number of nitrogens with zero attached hydrogens (tertiary/aromatic N) is 1. The van der Waals surface area contributed by atoms with Crippen molar-refractivity contribution in [2.75, 3.05) is 5.32 Å². The van der Waals surface area contributed by atoms with Crippen molar-refractivity contribution in [1.29, 1.82) is 0 Å². The lowest BCUT2D eigenvalue weighted by Crippen LogP contribution is -2.30. The van der Waals surface area contributed by atoms with Crippen LogP contribution in [0.4, 0.5) is 10.5 Å². The van der Waals surface area contributed by atoms with E-state index in [2.05, 4.69) is 10.5 Å². The maximum Gasteiger partial charge on any atom is 0.437 e. The van der Waals surface area contributed by atoms with Crippen molar-refractivity contribution in [3.05, 3.63) is 58.1 Å². The molecule has 0 unspecified atom stereocenters. The summed E-state index contributed by atoms with van der Waals surface area (Å²) in [6.07, 6.45) is -0.686. The Bertz CT molecular complexity index is 988. The normalized spacial score (nSPS) is 19.7. The van der Waals surface area contributed by atoms with Gasteiger partial charge in [-0.25, -0.2) is 13.2 Å². The molecular weight excluding hydrogens is 399 g/mol. The topological polar surface area (TPSA) is 84.8 Å². The summed E-state index contributed by atoms with van der Waals surface area (Å²) in [7, 11) is -3.47. The van der Waals surface area contributed by atoms with Crippen LogP contribution in [0.2, 0.25) is 10.0 Å². The number of hydrogen-bond donors (Lipinski definition) is 1. The number of anilines is 1. The Morgan fingerprint density at radius 2 is 1.81 bits per heavy atom. The third kappa shape index (κ3) is 3.85. The zero-order valence-electron chi connectivity index (χ0n) is 13.6. The van der Waals surface area contributed by atoms with Gasteiger partial charge in [0.2, 0.25) is 0 Å². The van der Waals surface area contributed by atoms with Crippen LogP contribution in [0.15, 0.2) is 52.5 Å². The van der Waals surface area contributed by atoms with E-state index in [1.54, 1.807) is 31.2 Å². The summed E-state index contributed by atoms with van der Waals surface area (Å²) in [6, 6.07) is 10.9. The lowest BCUT2D eigenvalue weighted by atomic mass is 10.1. The van der Waals surface area contributed by atoms with Crippen LogP contribution in [0.25, 0.3) is 0 Å². The summed E-state index contributed by atoms with van der Waals surface area (Å²) in [5.74, 6) is 0. The average molecular weight is 413 g/mol. The fourth-order valence-electron chi connectivity index (χ4n) is 2.54. The molecule has 26 heavy (non-hydrogen) atoms. The summed E-state index contributed by atoms with van der Waals surface area (Å²) in [5.41, 5.74) is 1.17. The largest absolute Gasteiger partial charge is 0.437 e. The number of carbonyl (C=O) groups is 1. The van der Waals surface area contributed by atoms with E-state index in [1.165, 1.54) is 18.2 Å². The number of fused-ring (bicyclic) bond motifs is 1. The minimum absolute atomic E-state index is 0.115. The van der Waals surface area contributed by atoms with E-state index in [0.29, 0.717) is 27.0 Å². The van der Waals surface area contributed by atoms with Gasteiger partial charge in [0.25, 0.3) is 0 Å². The number of amides is 1. The Labute approximate surface area is 160 Å². The minimum Gasteiger partial charge on any atom is -0.297 e. The lowest BCUT2D eigenvalue weighted by molar-refractivity contribution is 0.166. The van der Waals surface area contributed by atoms with Gasteiger partial charge in [-0.3, -0.25) is 10.2 Å². The fourth-order valence-corrected chi connectivity index (χ4v) is 4.39. The van der Waals surface area contributed by atoms with Crippen molar-refractivity contribution < 1.29 is 18.0 Å². The van der Waals surface area contributed by atoms with Gasteiger partial charge in [-0.15, -0.1) is 0 Å². The van der Waals surface area contributed by atoms with Crippen LogP contribution in [0.3, 0.4) is 0 Å². The molecule has 136 valence electrons. The molecule has 0 aliphatic carbocycles. The van der Waals surface area contributed by atoms with Crippen molar-refractivity contribution in [3.8, 4) is 0 Å². The van der Waals surface area contributed by atoms with E-state index >= 15 is 0 Å². The first-order valence-electron chi connectivity index (χ1n) is 7.61. The summed E-state index contributed by atoms with van der Waals surface area (Å²) in [6.45, 7) is 1.58. The molecule has 0 aromatic heterocycles. The first-order chi connectivity index (χ1) is 12.3. The molecule has 0 fully saturated rings. The average Bonchev–Trinajstić information content (AvgIpc) is 2.59. The van der Waals surface area contributed by atoms with E-state index in [-0.39, 0.29) is 11.3 Å². The lowest BCUT2D eigenvalue weighted by Gasteiger charge is -2.23. The number of hydrogen-bond acceptors (Lipinski definition) is 5. The van der Waals surface area contributed by atoms with Crippen LogP contribution >= 0.6 is 23.2 Å². The molecule has 1 heterocycles. The van der Waals surface area contributed by atoms with Gasteiger partial charge >= 0.3 is 6.09 Å². The van der Waals surface area contributed by atoms with Gasteiger partial charge in [0.15, 0.2) is 9.84 Å². The molecule has 2 aromatic carbocycles. The molecule has 0 saturated carbocycles. The number of halogens is 2. The molecule has 1 amide bonds. The predicted molar refractivity (Wildman–Crippen MR) is 101 cm³/mol. The maximum absolute atomic E-state index is 12.4. The summed E-state index contributed by atoms with van der Waals surface area (Å²) < 4.78 is 24.9. The van der Waals surface area contributed by atoms with Crippen LogP contribution in [0.5, 0.6) is 0 Å². The van der Waals surface area contributed by atoms with Crippen LogP contribution < -0.4 is 5.32 Å². The van der Waals surface area contributed by atoms with Crippen molar-refractivity contribution in [2.24, 2.45) is 5.16 Å². The Morgan fingerprint density at radius 3 is 2.50 bits per heavy atom. The van der Waals surface area contributed by atoms with Crippen molar-refractivity contribution in [3.63, 3.8) is 0 Å². The quantitative estimate of drug-likeness (QED) is 0.580. The van der Waals surface area contributed by atoms with Gasteiger partial charge in [-0.1, -0.05) is 28.4 Å². The Kier molecular flexibility index (Phi) is 5.22. The van der Waals surface area contributed by atoms with E-state index in [0.717, 1.165) is 0 Å². The van der Waals surface area contributed by atoms with Crippen molar-refractivity contribution in [1.82, 2.24) is 0 Å². The molecule has 9 heteroatoms. The Balaban J connectivity index is 1.83. The molecular formula is C17H14Cl2N2O4S. The van der Waals surface area contributed by atoms with Gasteiger partial charge in [0.05, 0.1) is 15.9 Å². The van der Waals surface area contributed by atoms with E-state index < -0.39 is 21.2 Å². The molecule has 0 spiro atoms. The second-order valence-corrected chi connectivity index (χ2v) is 8.96. The van der Waals surface area contributed by atoms with Gasteiger partial charge in [0, 0.05) is 27.7 Å². The van der Waals surface area contributed by atoms with Crippen LogP contribution in [-0.2, 0) is 14.7 Å². The maximum atomic E-state index is 12.4. The molecule has 6 nitrogen and oxygen atoms in total. The second kappa shape index (κ2) is 7.26. The standard InChI is InChI=1S/C17H14Cl2N2O4S/c1-10-8-15(14-9-12(19)4-7-16(14)26(10,23)24)21-25-17(22)20-13-5-2-11(18)3-6-13/h2-7,9-10H,8H2,1H3,(H,20,22)/b21-15-/t10-/m0/s1. The van der Waals surface area contributed by atoms with Gasteiger partial charge in [0.1, 0.15) is 0 Å². The van der Waals surface area contributed by atoms with Crippen molar-refractivity contribution in [2.45, 2.75) is 23.5 Å². The monoisotopic (exact) mass is 412 g/mol. The van der Waals surface area contributed by atoms with Crippen molar-refractivity contribution >= 4 is 50.5 Å². The Hall–Kier alpha value is -2.09. The second-order valence-electron chi connectivity index (χ2n) is 5.75. The molecule has 3 rings (SSSR count). The first-order valence-corrected chi connectivity index (χ1v) is 9.92. The molecule has 2 aromatic rings.